The molecule has 0 saturated heterocycles. The first-order valence-electron chi connectivity index (χ1n) is 10.2. The van der Waals surface area contributed by atoms with Crippen molar-refractivity contribution in [3.05, 3.63) is 66.0 Å². The van der Waals surface area contributed by atoms with Gasteiger partial charge in [0.15, 0.2) is 5.16 Å². The SMILES string of the molecule is COCCCNC(=O)CSc1nnc(CCc2ccccc2)n1-c1ccc(OC)cc1. The highest BCUT2D eigenvalue weighted by Crippen LogP contribution is 2.24. The molecule has 1 N–H and O–H groups in total. The summed E-state index contributed by atoms with van der Waals surface area (Å²) in [6.45, 7) is 1.23. The molecule has 7 nitrogen and oxygen atoms in total. The van der Waals surface area contributed by atoms with Gasteiger partial charge in [0.05, 0.1) is 12.9 Å². The normalized spacial score (nSPS) is 10.8. The van der Waals surface area contributed by atoms with E-state index in [0.29, 0.717) is 18.3 Å². The topological polar surface area (TPSA) is 78.3 Å². The Labute approximate surface area is 187 Å². The molecule has 164 valence electrons. The second-order valence-corrected chi connectivity index (χ2v) is 7.85. The summed E-state index contributed by atoms with van der Waals surface area (Å²) in [4.78, 5) is 12.2. The zero-order chi connectivity index (χ0) is 21.9. The Balaban J connectivity index is 1.73. The molecule has 3 aromatic rings. The maximum atomic E-state index is 12.2. The van der Waals surface area contributed by atoms with Crippen LogP contribution in [0.1, 0.15) is 17.8 Å². The van der Waals surface area contributed by atoms with Crippen LogP contribution >= 0.6 is 11.8 Å². The number of nitrogens with one attached hydrogen (secondary N) is 1. The number of rotatable bonds is 12. The first-order chi connectivity index (χ1) is 15.2. The zero-order valence-corrected chi connectivity index (χ0v) is 18.7. The number of benzene rings is 2. The number of amides is 1. The minimum absolute atomic E-state index is 0.0313. The van der Waals surface area contributed by atoms with Crippen LogP contribution in [0.4, 0.5) is 0 Å². The Kier molecular flexibility index (Phi) is 8.93. The van der Waals surface area contributed by atoms with E-state index in [-0.39, 0.29) is 11.7 Å². The van der Waals surface area contributed by atoms with E-state index in [9.17, 15) is 4.79 Å². The number of aromatic nitrogens is 3. The monoisotopic (exact) mass is 440 g/mol. The fraction of sp³-hybridized carbons (Fsp3) is 0.348. The third-order valence-electron chi connectivity index (χ3n) is 4.69. The van der Waals surface area contributed by atoms with Gasteiger partial charge in [-0.15, -0.1) is 10.2 Å². The summed E-state index contributed by atoms with van der Waals surface area (Å²) >= 11 is 1.38. The van der Waals surface area contributed by atoms with Crippen LogP contribution in [-0.4, -0.2) is 53.8 Å². The van der Waals surface area contributed by atoms with E-state index in [1.807, 2.05) is 47.0 Å². The fourth-order valence-corrected chi connectivity index (χ4v) is 3.87. The summed E-state index contributed by atoms with van der Waals surface area (Å²) in [5.41, 5.74) is 2.19. The van der Waals surface area contributed by atoms with E-state index in [1.165, 1.54) is 17.3 Å². The van der Waals surface area contributed by atoms with Crippen LogP contribution < -0.4 is 10.1 Å². The lowest BCUT2D eigenvalue weighted by molar-refractivity contribution is -0.118. The van der Waals surface area contributed by atoms with Crippen molar-refractivity contribution < 1.29 is 14.3 Å². The standard InChI is InChI=1S/C23H28N4O3S/c1-29-16-6-15-24-22(28)17-31-23-26-25-21(14-9-18-7-4-3-5-8-18)27(23)19-10-12-20(30-2)13-11-19/h3-5,7-8,10-13H,6,9,14-17H2,1-2H3,(H,24,28). The number of methoxy groups -OCH3 is 2. The average Bonchev–Trinajstić information content (AvgIpc) is 3.22. The largest absolute Gasteiger partial charge is 0.497 e. The van der Waals surface area contributed by atoms with Crippen molar-refractivity contribution in [1.29, 1.82) is 0 Å². The van der Waals surface area contributed by atoms with Crippen molar-refractivity contribution in [3.8, 4) is 11.4 Å². The molecule has 0 fully saturated rings. The van der Waals surface area contributed by atoms with Gasteiger partial charge in [-0.3, -0.25) is 9.36 Å². The summed E-state index contributed by atoms with van der Waals surface area (Å²) in [5.74, 6) is 1.89. The number of carbonyl (C=O) groups is 1. The summed E-state index contributed by atoms with van der Waals surface area (Å²) in [6, 6.07) is 18.1. The quantitative estimate of drug-likeness (QED) is 0.344. The van der Waals surface area contributed by atoms with Crippen molar-refractivity contribution in [2.75, 3.05) is 33.1 Å². The van der Waals surface area contributed by atoms with Crippen molar-refractivity contribution in [1.82, 2.24) is 20.1 Å². The van der Waals surface area contributed by atoms with E-state index in [4.69, 9.17) is 9.47 Å². The second-order valence-electron chi connectivity index (χ2n) is 6.90. The maximum absolute atomic E-state index is 12.2. The van der Waals surface area contributed by atoms with Gasteiger partial charge in [0.25, 0.3) is 0 Å². The molecule has 0 saturated carbocycles. The van der Waals surface area contributed by atoms with Gasteiger partial charge < -0.3 is 14.8 Å². The molecule has 0 aliphatic heterocycles. The molecule has 8 heteroatoms. The van der Waals surface area contributed by atoms with E-state index in [1.54, 1.807) is 14.2 Å². The summed E-state index contributed by atoms with van der Waals surface area (Å²) in [6.07, 6.45) is 2.39. The maximum Gasteiger partial charge on any atom is 0.230 e. The van der Waals surface area contributed by atoms with Crippen LogP contribution in [-0.2, 0) is 22.4 Å². The Morgan fingerprint density at radius 1 is 1.03 bits per heavy atom. The molecule has 1 aromatic heterocycles. The van der Waals surface area contributed by atoms with Gasteiger partial charge in [-0.05, 0) is 42.7 Å². The molecule has 2 aromatic carbocycles. The van der Waals surface area contributed by atoms with Gasteiger partial charge in [-0.25, -0.2) is 0 Å². The number of nitrogens with zero attached hydrogens (tertiary/aromatic N) is 3. The number of aryl methyl sites for hydroxylation is 2. The highest BCUT2D eigenvalue weighted by molar-refractivity contribution is 7.99. The van der Waals surface area contributed by atoms with Crippen LogP contribution in [0.15, 0.2) is 59.8 Å². The minimum atomic E-state index is -0.0313. The molecule has 1 amide bonds. The van der Waals surface area contributed by atoms with E-state index in [2.05, 4.69) is 27.6 Å². The van der Waals surface area contributed by atoms with Gasteiger partial charge in [-0.1, -0.05) is 42.1 Å². The molecular weight excluding hydrogens is 412 g/mol. The molecule has 0 unspecified atom stereocenters. The number of thioether (sulfide) groups is 1. The van der Waals surface area contributed by atoms with Gasteiger partial charge in [0.2, 0.25) is 5.91 Å². The lowest BCUT2D eigenvalue weighted by atomic mass is 10.1. The Morgan fingerprint density at radius 2 is 1.81 bits per heavy atom. The van der Waals surface area contributed by atoms with Crippen LogP contribution in [0.25, 0.3) is 5.69 Å². The van der Waals surface area contributed by atoms with Crippen LogP contribution in [0.3, 0.4) is 0 Å². The van der Waals surface area contributed by atoms with Gasteiger partial charge in [0, 0.05) is 32.4 Å². The third-order valence-corrected chi connectivity index (χ3v) is 5.62. The van der Waals surface area contributed by atoms with Crippen molar-refractivity contribution >= 4 is 17.7 Å². The second kappa shape index (κ2) is 12.1. The molecule has 0 radical (unpaired) electrons. The molecular formula is C23H28N4O3S. The summed E-state index contributed by atoms with van der Waals surface area (Å²) < 4.78 is 12.3. The van der Waals surface area contributed by atoms with Crippen LogP contribution in [0.2, 0.25) is 0 Å². The molecule has 0 spiro atoms. The average molecular weight is 441 g/mol. The highest BCUT2D eigenvalue weighted by atomic mass is 32.2. The van der Waals surface area contributed by atoms with Crippen LogP contribution in [0.5, 0.6) is 5.75 Å². The molecule has 0 atom stereocenters. The van der Waals surface area contributed by atoms with Crippen LogP contribution in [0, 0.1) is 0 Å². The molecule has 0 aliphatic rings. The Morgan fingerprint density at radius 3 is 2.52 bits per heavy atom. The minimum Gasteiger partial charge on any atom is -0.497 e. The fourth-order valence-electron chi connectivity index (χ4n) is 3.07. The van der Waals surface area contributed by atoms with E-state index < -0.39 is 0 Å². The van der Waals surface area contributed by atoms with Crippen molar-refractivity contribution in [2.24, 2.45) is 0 Å². The lowest BCUT2D eigenvalue weighted by Gasteiger charge is -2.11. The zero-order valence-electron chi connectivity index (χ0n) is 17.9. The molecule has 1 heterocycles. The third kappa shape index (κ3) is 6.83. The predicted molar refractivity (Wildman–Crippen MR) is 122 cm³/mol. The molecule has 3 rings (SSSR count). The Hall–Kier alpha value is -2.84. The molecule has 31 heavy (non-hydrogen) atoms. The smallest absolute Gasteiger partial charge is 0.230 e. The van der Waals surface area contributed by atoms with Gasteiger partial charge in [-0.2, -0.15) is 0 Å². The van der Waals surface area contributed by atoms with E-state index >= 15 is 0 Å². The van der Waals surface area contributed by atoms with E-state index in [0.717, 1.165) is 36.5 Å². The van der Waals surface area contributed by atoms with Crippen molar-refractivity contribution in [2.45, 2.75) is 24.4 Å². The summed E-state index contributed by atoms with van der Waals surface area (Å²) in [7, 11) is 3.30. The number of carbonyl (C=O) groups excluding carboxylic acids is 1. The highest BCUT2D eigenvalue weighted by Gasteiger charge is 2.16. The lowest BCUT2D eigenvalue weighted by Crippen LogP contribution is -2.27. The van der Waals surface area contributed by atoms with Crippen molar-refractivity contribution in [3.63, 3.8) is 0 Å². The first-order valence-corrected chi connectivity index (χ1v) is 11.2. The number of hydrogen-bond donors (Lipinski definition) is 1. The summed E-state index contributed by atoms with van der Waals surface area (Å²) in [5, 5.41) is 12.4. The first kappa shape index (κ1) is 22.8. The Bertz CT molecular complexity index is 945. The van der Waals surface area contributed by atoms with Gasteiger partial charge in [0.1, 0.15) is 11.6 Å². The molecule has 0 aliphatic carbocycles. The molecule has 0 bridgehead atoms. The number of ether oxygens (including phenoxy) is 2. The van der Waals surface area contributed by atoms with Gasteiger partial charge >= 0.3 is 0 Å². The number of hydrogen-bond acceptors (Lipinski definition) is 6. The predicted octanol–water partition coefficient (Wildman–Crippen LogP) is 3.31.